The van der Waals surface area contributed by atoms with E-state index in [9.17, 15) is 14.4 Å². The molecular weight excluding hydrogens is 476 g/mol. The van der Waals surface area contributed by atoms with Crippen molar-refractivity contribution >= 4 is 40.3 Å². The number of thioether (sulfide) groups is 1. The summed E-state index contributed by atoms with van der Waals surface area (Å²) in [6, 6.07) is 14.7. The van der Waals surface area contributed by atoms with Crippen molar-refractivity contribution in [3.63, 3.8) is 0 Å². The highest BCUT2D eigenvalue weighted by Crippen LogP contribution is 2.23. The van der Waals surface area contributed by atoms with Gasteiger partial charge in [-0.2, -0.15) is 0 Å². The Morgan fingerprint density at radius 2 is 1.78 bits per heavy atom. The zero-order valence-electron chi connectivity index (χ0n) is 20.8. The number of benzene rings is 2. The van der Waals surface area contributed by atoms with Gasteiger partial charge in [-0.05, 0) is 43.5 Å². The molecule has 0 atom stereocenters. The molecule has 2 heterocycles. The standard InChI is InChI=1S/C26H30N6O3S/c1-16(2)14-31-24(35)20-11-10-19(23(34)28-17(3)4)12-21(20)32-25(31)29-30-26(32)36-15-22(33)27-13-18-8-6-5-7-9-18/h5-12,16-17H,13-15H2,1-4H3,(H,27,33)(H,28,34). The number of carbonyl (C=O) groups is 2. The number of hydrogen-bond acceptors (Lipinski definition) is 6. The van der Waals surface area contributed by atoms with Crippen molar-refractivity contribution in [2.75, 3.05) is 5.75 Å². The molecule has 0 bridgehead atoms. The van der Waals surface area contributed by atoms with Crippen molar-refractivity contribution < 1.29 is 9.59 Å². The summed E-state index contributed by atoms with van der Waals surface area (Å²) in [7, 11) is 0. The van der Waals surface area contributed by atoms with Gasteiger partial charge in [0.25, 0.3) is 11.5 Å². The fourth-order valence-corrected chi connectivity index (χ4v) is 4.64. The highest BCUT2D eigenvalue weighted by atomic mass is 32.2. The number of carbonyl (C=O) groups excluding carboxylic acids is 2. The van der Waals surface area contributed by atoms with E-state index >= 15 is 0 Å². The minimum atomic E-state index is -0.228. The van der Waals surface area contributed by atoms with Crippen LogP contribution in [0.5, 0.6) is 0 Å². The zero-order valence-corrected chi connectivity index (χ0v) is 21.6. The summed E-state index contributed by atoms with van der Waals surface area (Å²) in [6.07, 6.45) is 0. The average Bonchev–Trinajstić information content (AvgIpc) is 3.27. The van der Waals surface area contributed by atoms with Gasteiger partial charge in [-0.1, -0.05) is 55.9 Å². The second-order valence-electron chi connectivity index (χ2n) is 9.34. The van der Waals surface area contributed by atoms with Crippen LogP contribution in [0.4, 0.5) is 0 Å². The van der Waals surface area contributed by atoms with E-state index in [1.807, 2.05) is 58.0 Å². The quantitative estimate of drug-likeness (QED) is 0.337. The molecule has 0 saturated heterocycles. The lowest BCUT2D eigenvalue weighted by atomic mass is 10.1. The molecule has 0 fully saturated rings. The van der Waals surface area contributed by atoms with Crippen LogP contribution in [0.1, 0.15) is 43.6 Å². The highest BCUT2D eigenvalue weighted by Gasteiger charge is 2.20. The molecular formula is C26H30N6O3S. The number of amides is 2. The van der Waals surface area contributed by atoms with Gasteiger partial charge in [0.15, 0.2) is 5.16 Å². The van der Waals surface area contributed by atoms with Gasteiger partial charge in [-0.3, -0.25) is 23.4 Å². The van der Waals surface area contributed by atoms with Crippen molar-refractivity contribution in [2.24, 2.45) is 5.92 Å². The maximum absolute atomic E-state index is 13.3. The lowest BCUT2D eigenvalue weighted by molar-refractivity contribution is -0.118. The maximum atomic E-state index is 13.3. The molecule has 0 unspecified atom stereocenters. The number of rotatable bonds is 9. The van der Waals surface area contributed by atoms with Crippen molar-refractivity contribution in [1.82, 2.24) is 29.8 Å². The van der Waals surface area contributed by atoms with Crippen LogP contribution in [0.3, 0.4) is 0 Å². The molecule has 0 aliphatic rings. The van der Waals surface area contributed by atoms with E-state index < -0.39 is 0 Å². The summed E-state index contributed by atoms with van der Waals surface area (Å²) in [5, 5.41) is 15.3. The van der Waals surface area contributed by atoms with Crippen molar-refractivity contribution in [1.29, 1.82) is 0 Å². The highest BCUT2D eigenvalue weighted by molar-refractivity contribution is 7.99. The van der Waals surface area contributed by atoms with E-state index in [0.717, 1.165) is 5.56 Å². The summed E-state index contributed by atoms with van der Waals surface area (Å²) >= 11 is 1.23. The Bertz CT molecular complexity index is 1460. The first-order chi connectivity index (χ1) is 17.2. The molecule has 0 aliphatic carbocycles. The van der Waals surface area contributed by atoms with Gasteiger partial charge >= 0.3 is 0 Å². The smallest absolute Gasteiger partial charge is 0.262 e. The molecule has 2 aromatic heterocycles. The van der Waals surface area contributed by atoms with Crippen LogP contribution in [-0.2, 0) is 17.9 Å². The maximum Gasteiger partial charge on any atom is 0.262 e. The van der Waals surface area contributed by atoms with Crippen LogP contribution >= 0.6 is 11.8 Å². The monoisotopic (exact) mass is 506 g/mol. The molecule has 2 aromatic carbocycles. The number of nitrogens with zero attached hydrogens (tertiary/aromatic N) is 4. The van der Waals surface area contributed by atoms with Gasteiger partial charge in [0.2, 0.25) is 11.7 Å². The Kier molecular flexibility index (Phi) is 7.73. The topological polar surface area (TPSA) is 110 Å². The second-order valence-corrected chi connectivity index (χ2v) is 10.3. The minimum absolute atomic E-state index is 0.0253. The van der Waals surface area contributed by atoms with E-state index in [1.165, 1.54) is 11.8 Å². The number of nitrogens with one attached hydrogen (secondary N) is 2. The molecule has 0 radical (unpaired) electrons. The fraction of sp³-hybridized carbons (Fsp3) is 0.346. The minimum Gasteiger partial charge on any atom is -0.351 e. The third kappa shape index (κ3) is 5.59. The zero-order chi connectivity index (χ0) is 25.8. The molecule has 10 heteroatoms. The summed E-state index contributed by atoms with van der Waals surface area (Å²) in [6.45, 7) is 8.73. The summed E-state index contributed by atoms with van der Waals surface area (Å²) < 4.78 is 3.37. The molecule has 2 N–H and O–H groups in total. The SMILES string of the molecule is CC(C)Cn1c(=O)c2ccc(C(=O)NC(C)C)cc2n2c(SCC(=O)NCc3ccccc3)nnc12. The molecule has 4 aromatic rings. The van der Waals surface area contributed by atoms with Gasteiger partial charge in [-0.25, -0.2) is 0 Å². The van der Waals surface area contributed by atoms with Crippen LogP contribution in [0.25, 0.3) is 16.7 Å². The summed E-state index contributed by atoms with van der Waals surface area (Å²) in [5.41, 5.74) is 1.79. The number of fused-ring (bicyclic) bond motifs is 3. The Morgan fingerprint density at radius 1 is 1.03 bits per heavy atom. The van der Waals surface area contributed by atoms with Crippen LogP contribution < -0.4 is 16.2 Å². The molecule has 188 valence electrons. The third-order valence-corrected chi connectivity index (χ3v) is 6.40. The second kappa shape index (κ2) is 10.9. The lowest BCUT2D eigenvalue weighted by Crippen LogP contribution is -2.30. The van der Waals surface area contributed by atoms with Crippen LogP contribution in [0.2, 0.25) is 0 Å². The van der Waals surface area contributed by atoms with Crippen molar-refractivity contribution in [3.8, 4) is 0 Å². The van der Waals surface area contributed by atoms with E-state index in [2.05, 4.69) is 20.8 Å². The Morgan fingerprint density at radius 3 is 2.47 bits per heavy atom. The summed E-state index contributed by atoms with van der Waals surface area (Å²) in [4.78, 5) is 38.5. The van der Waals surface area contributed by atoms with Gasteiger partial charge in [0.1, 0.15) is 0 Å². The van der Waals surface area contributed by atoms with Gasteiger partial charge in [-0.15, -0.1) is 10.2 Å². The molecule has 2 amide bonds. The van der Waals surface area contributed by atoms with E-state index in [0.29, 0.717) is 40.5 Å². The largest absolute Gasteiger partial charge is 0.351 e. The number of aromatic nitrogens is 4. The predicted octanol–water partition coefficient (Wildman–Crippen LogP) is 3.25. The molecule has 36 heavy (non-hydrogen) atoms. The van der Waals surface area contributed by atoms with Crippen LogP contribution in [0, 0.1) is 5.92 Å². The predicted molar refractivity (Wildman–Crippen MR) is 141 cm³/mol. The first-order valence-electron chi connectivity index (χ1n) is 11.9. The number of hydrogen-bond donors (Lipinski definition) is 2. The first kappa shape index (κ1) is 25.4. The molecule has 0 saturated carbocycles. The molecule has 9 nitrogen and oxygen atoms in total. The van der Waals surface area contributed by atoms with Crippen molar-refractivity contribution in [2.45, 2.75) is 52.0 Å². The molecule has 0 spiro atoms. The molecule has 4 rings (SSSR count). The summed E-state index contributed by atoms with van der Waals surface area (Å²) in [5.74, 6) is 0.351. The Balaban J connectivity index is 1.70. The fourth-order valence-electron chi connectivity index (χ4n) is 3.87. The van der Waals surface area contributed by atoms with Crippen molar-refractivity contribution in [3.05, 3.63) is 70.0 Å². The van der Waals surface area contributed by atoms with E-state index in [4.69, 9.17) is 0 Å². The van der Waals surface area contributed by atoms with Crippen LogP contribution in [-0.4, -0.2) is 42.8 Å². The van der Waals surface area contributed by atoms with Crippen LogP contribution in [0.15, 0.2) is 58.5 Å². The van der Waals surface area contributed by atoms with E-state index in [1.54, 1.807) is 27.2 Å². The third-order valence-electron chi connectivity index (χ3n) is 5.47. The molecule has 0 aliphatic heterocycles. The van der Waals surface area contributed by atoms with E-state index in [-0.39, 0.29) is 35.1 Å². The van der Waals surface area contributed by atoms with Gasteiger partial charge < -0.3 is 10.6 Å². The Labute approximate surface area is 213 Å². The lowest BCUT2D eigenvalue weighted by Gasteiger charge is -2.14. The van der Waals surface area contributed by atoms with Gasteiger partial charge in [0, 0.05) is 24.7 Å². The first-order valence-corrected chi connectivity index (χ1v) is 12.9. The average molecular weight is 507 g/mol. The Hall–Kier alpha value is -3.66. The van der Waals surface area contributed by atoms with Gasteiger partial charge in [0.05, 0.1) is 16.7 Å². The normalized spacial score (nSPS) is 11.5.